The lowest BCUT2D eigenvalue weighted by atomic mass is 9.51. The standard InChI is InChI=1S/C23H43N3O/c1-4-21-17(2)10-11-18-16-19(12-13-23(18,21)3)25-22(27)26(15-14-24)20-8-6-5-7-9-20/h17-21H,4-16,24H2,1-3H3,(H,25,27)/t17-,18-,19-,21+,23+/m1/s1. The summed E-state index contributed by atoms with van der Waals surface area (Å²) in [7, 11) is 0. The second kappa shape index (κ2) is 9.15. The third-order valence-corrected chi connectivity index (χ3v) is 8.45. The quantitative estimate of drug-likeness (QED) is 0.714. The number of nitrogens with zero attached hydrogens (tertiary/aromatic N) is 1. The van der Waals surface area contributed by atoms with Crippen molar-refractivity contribution in [3.63, 3.8) is 0 Å². The first kappa shape index (κ1) is 21.0. The minimum Gasteiger partial charge on any atom is -0.335 e. The summed E-state index contributed by atoms with van der Waals surface area (Å²) >= 11 is 0. The van der Waals surface area contributed by atoms with Crippen LogP contribution in [0.3, 0.4) is 0 Å². The van der Waals surface area contributed by atoms with Crippen LogP contribution in [0.4, 0.5) is 4.79 Å². The van der Waals surface area contributed by atoms with Crippen LogP contribution in [0, 0.1) is 23.2 Å². The zero-order valence-electron chi connectivity index (χ0n) is 18.0. The number of carbonyl (C=O) groups is 1. The predicted molar refractivity (Wildman–Crippen MR) is 113 cm³/mol. The molecule has 0 bridgehead atoms. The van der Waals surface area contributed by atoms with E-state index in [0.29, 0.717) is 30.6 Å². The molecule has 3 aliphatic carbocycles. The SMILES string of the molecule is CC[C@H]1[C@H](C)CC[C@@H]2C[C@H](NC(=O)N(CCN)C3CCCCC3)CC[C@@]21C. The smallest absolute Gasteiger partial charge is 0.317 e. The number of carbonyl (C=O) groups excluding carboxylic acids is 1. The molecule has 0 aliphatic heterocycles. The molecule has 3 fully saturated rings. The third-order valence-electron chi connectivity index (χ3n) is 8.45. The molecule has 4 nitrogen and oxygen atoms in total. The zero-order chi connectivity index (χ0) is 19.4. The molecule has 2 amide bonds. The van der Waals surface area contributed by atoms with E-state index in [0.717, 1.165) is 37.0 Å². The maximum absolute atomic E-state index is 13.1. The first-order chi connectivity index (χ1) is 13.0. The lowest BCUT2D eigenvalue weighted by Gasteiger charge is -2.55. The van der Waals surface area contributed by atoms with Crippen molar-refractivity contribution in [3.05, 3.63) is 0 Å². The van der Waals surface area contributed by atoms with E-state index in [9.17, 15) is 4.79 Å². The van der Waals surface area contributed by atoms with Crippen molar-refractivity contribution in [1.29, 1.82) is 0 Å². The highest BCUT2D eigenvalue weighted by molar-refractivity contribution is 5.75. The summed E-state index contributed by atoms with van der Waals surface area (Å²) in [6, 6.07) is 0.902. The summed E-state index contributed by atoms with van der Waals surface area (Å²) in [5, 5.41) is 3.43. The highest BCUT2D eigenvalue weighted by Gasteiger charge is 2.49. The monoisotopic (exact) mass is 377 g/mol. The average Bonchev–Trinajstić information content (AvgIpc) is 2.67. The molecule has 27 heavy (non-hydrogen) atoms. The van der Waals surface area contributed by atoms with Crippen molar-refractivity contribution < 1.29 is 4.79 Å². The van der Waals surface area contributed by atoms with Gasteiger partial charge in [0.1, 0.15) is 0 Å². The van der Waals surface area contributed by atoms with Crippen LogP contribution < -0.4 is 11.1 Å². The van der Waals surface area contributed by atoms with Gasteiger partial charge in [-0.15, -0.1) is 0 Å². The highest BCUT2D eigenvalue weighted by atomic mass is 16.2. The summed E-state index contributed by atoms with van der Waals surface area (Å²) < 4.78 is 0. The van der Waals surface area contributed by atoms with E-state index in [-0.39, 0.29) is 6.03 Å². The van der Waals surface area contributed by atoms with E-state index < -0.39 is 0 Å². The molecule has 0 spiro atoms. The average molecular weight is 378 g/mol. The van der Waals surface area contributed by atoms with E-state index in [2.05, 4.69) is 31.0 Å². The summed E-state index contributed by atoms with van der Waals surface area (Å²) in [6.45, 7) is 8.63. The van der Waals surface area contributed by atoms with Crippen LogP contribution in [-0.4, -0.2) is 36.1 Å². The number of fused-ring (bicyclic) bond motifs is 1. The number of hydrogen-bond acceptors (Lipinski definition) is 2. The van der Waals surface area contributed by atoms with Gasteiger partial charge < -0.3 is 16.0 Å². The minimum atomic E-state index is 0.150. The lowest BCUT2D eigenvalue weighted by Crippen LogP contribution is -2.55. The molecule has 156 valence electrons. The van der Waals surface area contributed by atoms with Crippen LogP contribution in [0.5, 0.6) is 0 Å². The van der Waals surface area contributed by atoms with Gasteiger partial charge in [0.2, 0.25) is 0 Å². The summed E-state index contributed by atoms with van der Waals surface area (Å²) in [5.74, 6) is 2.48. The molecule has 0 radical (unpaired) electrons. The molecule has 0 heterocycles. The largest absolute Gasteiger partial charge is 0.335 e. The van der Waals surface area contributed by atoms with Gasteiger partial charge in [0.05, 0.1) is 0 Å². The Morgan fingerprint density at radius 2 is 1.89 bits per heavy atom. The van der Waals surface area contributed by atoms with Gasteiger partial charge in [0.15, 0.2) is 0 Å². The minimum absolute atomic E-state index is 0.150. The maximum atomic E-state index is 13.1. The van der Waals surface area contributed by atoms with Crippen LogP contribution in [-0.2, 0) is 0 Å². The Bertz CT molecular complexity index is 490. The van der Waals surface area contributed by atoms with E-state index in [1.54, 1.807) is 0 Å². The number of nitrogens with one attached hydrogen (secondary N) is 1. The van der Waals surface area contributed by atoms with E-state index in [1.165, 1.54) is 51.4 Å². The van der Waals surface area contributed by atoms with E-state index in [1.807, 2.05) is 0 Å². The molecule has 5 atom stereocenters. The van der Waals surface area contributed by atoms with Gasteiger partial charge in [0, 0.05) is 25.2 Å². The Labute approximate surface area is 167 Å². The number of urea groups is 1. The second-order valence-corrected chi connectivity index (χ2v) is 9.97. The molecular formula is C23H43N3O. The molecule has 3 rings (SSSR count). The molecule has 0 aromatic heterocycles. The molecule has 0 unspecified atom stereocenters. The highest BCUT2D eigenvalue weighted by Crippen LogP contribution is 2.56. The van der Waals surface area contributed by atoms with Crippen LogP contribution in [0.15, 0.2) is 0 Å². The van der Waals surface area contributed by atoms with Crippen LogP contribution >= 0.6 is 0 Å². The van der Waals surface area contributed by atoms with Gasteiger partial charge in [-0.2, -0.15) is 0 Å². The molecular weight excluding hydrogens is 334 g/mol. The van der Waals surface area contributed by atoms with Crippen molar-refractivity contribution in [1.82, 2.24) is 10.2 Å². The van der Waals surface area contributed by atoms with Crippen LogP contribution in [0.1, 0.15) is 91.4 Å². The van der Waals surface area contributed by atoms with Crippen molar-refractivity contribution in [3.8, 4) is 0 Å². The van der Waals surface area contributed by atoms with Gasteiger partial charge in [0.25, 0.3) is 0 Å². The Hall–Kier alpha value is -0.770. The first-order valence-corrected chi connectivity index (χ1v) is 11.8. The summed E-state index contributed by atoms with van der Waals surface area (Å²) in [4.78, 5) is 15.1. The van der Waals surface area contributed by atoms with Gasteiger partial charge in [-0.05, 0) is 61.7 Å². The van der Waals surface area contributed by atoms with Crippen molar-refractivity contribution in [2.24, 2.45) is 28.9 Å². The zero-order valence-corrected chi connectivity index (χ0v) is 18.0. The molecule has 0 saturated heterocycles. The summed E-state index contributed by atoms with van der Waals surface area (Å²) in [6.07, 6.45) is 13.7. The predicted octanol–water partition coefficient (Wildman–Crippen LogP) is 4.92. The van der Waals surface area contributed by atoms with Gasteiger partial charge in [-0.3, -0.25) is 0 Å². The third kappa shape index (κ3) is 4.46. The molecule has 3 N–H and O–H groups in total. The van der Waals surface area contributed by atoms with Crippen molar-refractivity contribution >= 4 is 6.03 Å². The van der Waals surface area contributed by atoms with Crippen molar-refractivity contribution in [2.75, 3.05) is 13.1 Å². The van der Waals surface area contributed by atoms with Gasteiger partial charge >= 0.3 is 6.03 Å². The first-order valence-electron chi connectivity index (χ1n) is 11.8. The Kier molecular flexibility index (Phi) is 7.10. The number of amides is 2. The van der Waals surface area contributed by atoms with Crippen molar-refractivity contribution in [2.45, 2.75) is 103 Å². The molecule has 4 heteroatoms. The molecule has 0 aromatic rings. The fourth-order valence-electron chi connectivity index (χ4n) is 6.91. The molecule has 3 saturated carbocycles. The summed E-state index contributed by atoms with van der Waals surface area (Å²) in [5.41, 5.74) is 6.31. The fourth-order valence-corrected chi connectivity index (χ4v) is 6.91. The molecule has 3 aliphatic rings. The second-order valence-electron chi connectivity index (χ2n) is 9.97. The fraction of sp³-hybridized carbons (Fsp3) is 0.957. The van der Waals surface area contributed by atoms with E-state index >= 15 is 0 Å². The maximum Gasteiger partial charge on any atom is 0.317 e. The van der Waals surface area contributed by atoms with Gasteiger partial charge in [-0.25, -0.2) is 4.79 Å². The number of nitrogens with two attached hydrogens (primary N) is 1. The molecule has 0 aromatic carbocycles. The van der Waals surface area contributed by atoms with Crippen LogP contribution in [0.2, 0.25) is 0 Å². The number of hydrogen-bond donors (Lipinski definition) is 2. The normalized spacial score (nSPS) is 37.5. The van der Waals surface area contributed by atoms with E-state index in [4.69, 9.17) is 5.73 Å². The Morgan fingerprint density at radius 3 is 2.56 bits per heavy atom. The Balaban J connectivity index is 1.60. The topological polar surface area (TPSA) is 58.4 Å². The lowest BCUT2D eigenvalue weighted by molar-refractivity contribution is -0.0394. The Morgan fingerprint density at radius 1 is 1.15 bits per heavy atom. The van der Waals surface area contributed by atoms with Crippen LogP contribution in [0.25, 0.3) is 0 Å². The van der Waals surface area contributed by atoms with Gasteiger partial charge in [-0.1, -0.05) is 52.9 Å². The number of rotatable bonds is 5.